The number of hydrogen-bond acceptors (Lipinski definition) is 6. The number of hydrogen-bond donors (Lipinski definition) is 2. The molecule has 1 aliphatic heterocycles. The van der Waals surface area contributed by atoms with Crippen LogP contribution in [0.4, 0.5) is 0 Å². The summed E-state index contributed by atoms with van der Waals surface area (Å²) in [5.74, 6) is 0.886. The normalized spacial score (nSPS) is 17.5. The van der Waals surface area contributed by atoms with Crippen molar-refractivity contribution in [2.24, 2.45) is 0 Å². The van der Waals surface area contributed by atoms with E-state index in [0.29, 0.717) is 23.3 Å². The fraction of sp³-hybridized carbons (Fsp3) is 0.526. The van der Waals surface area contributed by atoms with Crippen LogP contribution in [0.15, 0.2) is 28.7 Å². The third-order valence-electron chi connectivity index (χ3n) is 4.87. The lowest BCUT2D eigenvalue weighted by Crippen LogP contribution is -2.28. The molecule has 140 valence electrons. The number of fused-ring (bicyclic) bond motifs is 1. The molecule has 0 spiro atoms. The second-order valence-corrected chi connectivity index (χ2v) is 6.81. The SMILES string of the molecule is CCCCC[C@H](CN(O)C=O)c1nnc([C@@H]2Cc3ccccc3CN2)o1. The zero-order valence-electron chi connectivity index (χ0n) is 15.1. The lowest BCUT2D eigenvalue weighted by molar-refractivity contribution is -0.151. The third kappa shape index (κ3) is 4.47. The maximum Gasteiger partial charge on any atom is 0.233 e. The summed E-state index contributed by atoms with van der Waals surface area (Å²) in [5, 5.41) is 22.1. The summed E-state index contributed by atoms with van der Waals surface area (Å²) in [6.45, 7) is 3.07. The molecule has 7 nitrogen and oxygen atoms in total. The van der Waals surface area contributed by atoms with Crippen molar-refractivity contribution < 1.29 is 14.4 Å². The van der Waals surface area contributed by atoms with Gasteiger partial charge in [0.25, 0.3) is 0 Å². The standard InChI is InChI=1S/C19H26N4O3/c1-2-3-4-9-16(12-23(25)13-24)18-21-22-19(26-18)17-10-14-7-5-6-8-15(14)11-20-17/h5-8,13,16-17,20,25H,2-4,9-12H2,1H3/t16-,17+/m1/s1. The van der Waals surface area contributed by atoms with Crippen LogP contribution in [-0.2, 0) is 17.8 Å². The molecule has 0 fully saturated rings. The van der Waals surface area contributed by atoms with E-state index in [1.807, 2.05) is 12.1 Å². The molecule has 2 atom stereocenters. The van der Waals surface area contributed by atoms with Crippen LogP contribution in [0.5, 0.6) is 0 Å². The van der Waals surface area contributed by atoms with Gasteiger partial charge >= 0.3 is 0 Å². The zero-order chi connectivity index (χ0) is 18.4. The maximum absolute atomic E-state index is 10.8. The Kier molecular flexibility index (Phi) is 6.35. The van der Waals surface area contributed by atoms with E-state index in [1.54, 1.807) is 0 Å². The Balaban J connectivity index is 1.71. The summed E-state index contributed by atoms with van der Waals surface area (Å²) in [5.41, 5.74) is 2.58. The van der Waals surface area contributed by atoms with E-state index in [-0.39, 0.29) is 18.5 Å². The molecule has 0 radical (unpaired) electrons. The quantitative estimate of drug-likeness (QED) is 0.310. The minimum atomic E-state index is -0.158. The minimum absolute atomic E-state index is 0.0151. The highest BCUT2D eigenvalue weighted by molar-refractivity contribution is 5.44. The van der Waals surface area contributed by atoms with Gasteiger partial charge in [0, 0.05) is 6.54 Å². The molecule has 2 heterocycles. The Hall–Kier alpha value is -2.25. The Labute approximate surface area is 153 Å². The van der Waals surface area contributed by atoms with Gasteiger partial charge in [0.1, 0.15) is 0 Å². The average Bonchev–Trinajstić information content (AvgIpc) is 3.17. The maximum atomic E-state index is 10.8. The van der Waals surface area contributed by atoms with Crippen molar-refractivity contribution in [2.45, 2.75) is 57.5 Å². The average molecular weight is 358 g/mol. The number of benzene rings is 1. The molecular formula is C19H26N4O3. The minimum Gasteiger partial charge on any atom is -0.423 e. The van der Waals surface area contributed by atoms with E-state index >= 15 is 0 Å². The first kappa shape index (κ1) is 18.5. The lowest BCUT2D eigenvalue weighted by Gasteiger charge is -2.23. The highest BCUT2D eigenvalue weighted by atomic mass is 16.5. The molecule has 0 saturated heterocycles. The van der Waals surface area contributed by atoms with E-state index < -0.39 is 0 Å². The van der Waals surface area contributed by atoms with Gasteiger partial charge in [-0.3, -0.25) is 10.0 Å². The fourth-order valence-corrected chi connectivity index (χ4v) is 3.38. The van der Waals surface area contributed by atoms with Crippen LogP contribution in [0, 0.1) is 0 Å². The molecule has 2 aromatic rings. The number of carbonyl (C=O) groups excluding carboxylic acids is 1. The third-order valence-corrected chi connectivity index (χ3v) is 4.87. The predicted molar refractivity (Wildman–Crippen MR) is 95.5 cm³/mol. The largest absolute Gasteiger partial charge is 0.423 e. The van der Waals surface area contributed by atoms with Crippen LogP contribution in [0.2, 0.25) is 0 Å². The first-order chi connectivity index (χ1) is 12.7. The Morgan fingerprint density at radius 2 is 2.15 bits per heavy atom. The molecule has 0 saturated carbocycles. The molecule has 2 N–H and O–H groups in total. The zero-order valence-corrected chi connectivity index (χ0v) is 15.1. The summed E-state index contributed by atoms with van der Waals surface area (Å²) in [6, 6.07) is 8.32. The van der Waals surface area contributed by atoms with Gasteiger partial charge in [0.05, 0.1) is 18.5 Å². The van der Waals surface area contributed by atoms with Crippen molar-refractivity contribution in [3.63, 3.8) is 0 Å². The summed E-state index contributed by atoms with van der Waals surface area (Å²) < 4.78 is 5.94. The van der Waals surface area contributed by atoms with Gasteiger partial charge in [-0.25, -0.2) is 5.06 Å². The van der Waals surface area contributed by atoms with E-state index in [9.17, 15) is 10.0 Å². The van der Waals surface area contributed by atoms with Crippen molar-refractivity contribution >= 4 is 6.41 Å². The molecule has 0 bridgehead atoms. The van der Waals surface area contributed by atoms with E-state index in [1.165, 1.54) is 11.1 Å². The van der Waals surface area contributed by atoms with Gasteiger partial charge in [-0.1, -0.05) is 50.5 Å². The highest BCUT2D eigenvalue weighted by Crippen LogP contribution is 2.28. The first-order valence-electron chi connectivity index (χ1n) is 9.25. The van der Waals surface area contributed by atoms with Crippen molar-refractivity contribution in [1.82, 2.24) is 20.6 Å². The molecule has 7 heteroatoms. The van der Waals surface area contributed by atoms with Gasteiger partial charge in [-0.2, -0.15) is 0 Å². The number of hydroxylamine groups is 2. The van der Waals surface area contributed by atoms with Gasteiger partial charge in [-0.15, -0.1) is 10.2 Å². The number of amides is 1. The van der Waals surface area contributed by atoms with E-state index in [2.05, 4.69) is 34.6 Å². The number of carbonyl (C=O) groups is 1. The Bertz CT molecular complexity index is 718. The number of rotatable bonds is 9. The second-order valence-electron chi connectivity index (χ2n) is 6.81. The molecule has 1 aromatic heterocycles. The van der Waals surface area contributed by atoms with Gasteiger partial charge in [0.15, 0.2) is 0 Å². The Morgan fingerprint density at radius 1 is 1.35 bits per heavy atom. The topological polar surface area (TPSA) is 91.5 Å². The summed E-state index contributed by atoms with van der Waals surface area (Å²) in [6.07, 6.45) is 5.18. The van der Waals surface area contributed by atoms with Crippen LogP contribution in [-0.4, -0.2) is 33.4 Å². The number of nitrogens with one attached hydrogen (secondary N) is 1. The summed E-state index contributed by atoms with van der Waals surface area (Å²) in [7, 11) is 0. The highest BCUT2D eigenvalue weighted by Gasteiger charge is 2.26. The number of nitrogens with zero attached hydrogens (tertiary/aromatic N) is 3. The summed E-state index contributed by atoms with van der Waals surface area (Å²) >= 11 is 0. The van der Waals surface area contributed by atoms with Gasteiger partial charge < -0.3 is 9.73 Å². The summed E-state index contributed by atoms with van der Waals surface area (Å²) in [4.78, 5) is 10.8. The predicted octanol–water partition coefficient (Wildman–Crippen LogP) is 2.97. The smallest absolute Gasteiger partial charge is 0.233 e. The van der Waals surface area contributed by atoms with Crippen molar-refractivity contribution in [3.05, 3.63) is 47.2 Å². The van der Waals surface area contributed by atoms with Crippen molar-refractivity contribution in [2.75, 3.05) is 6.54 Å². The number of aromatic nitrogens is 2. The first-order valence-corrected chi connectivity index (χ1v) is 9.25. The monoisotopic (exact) mass is 358 g/mol. The molecule has 1 amide bonds. The Morgan fingerprint density at radius 3 is 2.92 bits per heavy atom. The van der Waals surface area contributed by atoms with Crippen LogP contribution < -0.4 is 5.32 Å². The molecule has 0 unspecified atom stereocenters. The number of unbranched alkanes of at least 4 members (excludes halogenated alkanes) is 2. The van der Waals surface area contributed by atoms with Crippen LogP contribution in [0.25, 0.3) is 0 Å². The molecule has 3 rings (SSSR count). The van der Waals surface area contributed by atoms with Crippen LogP contribution >= 0.6 is 0 Å². The lowest BCUT2D eigenvalue weighted by atomic mass is 9.96. The molecule has 1 aromatic carbocycles. The molecule has 1 aliphatic rings. The molecule has 0 aliphatic carbocycles. The van der Waals surface area contributed by atoms with E-state index in [4.69, 9.17) is 4.42 Å². The van der Waals surface area contributed by atoms with Crippen LogP contribution in [0.3, 0.4) is 0 Å². The molecular weight excluding hydrogens is 332 g/mol. The second kappa shape index (κ2) is 8.91. The van der Waals surface area contributed by atoms with Crippen LogP contribution in [0.1, 0.15) is 67.5 Å². The fourth-order valence-electron chi connectivity index (χ4n) is 3.38. The molecule has 26 heavy (non-hydrogen) atoms. The van der Waals surface area contributed by atoms with Gasteiger partial charge in [0.2, 0.25) is 18.2 Å². The van der Waals surface area contributed by atoms with Crippen molar-refractivity contribution in [1.29, 1.82) is 0 Å². The van der Waals surface area contributed by atoms with Crippen molar-refractivity contribution in [3.8, 4) is 0 Å². The van der Waals surface area contributed by atoms with Gasteiger partial charge in [-0.05, 0) is 24.0 Å². The van der Waals surface area contributed by atoms with E-state index in [0.717, 1.165) is 38.6 Å².